The van der Waals surface area contributed by atoms with Crippen molar-refractivity contribution in [3.05, 3.63) is 24.8 Å². The monoisotopic (exact) mass is 143 g/mol. The summed E-state index contributed by atoms with van der Waals surface area (Å²) in [5, 5.41) is 0. The van der Waals surface area contributed by atoms with Crippen LogP contribution in [0.1, 0.15) is 0 Å². The van der Waals surface area contributed by atoms with E-state index in [0.717, 1.165) is 0 Å². The zero-order valence-corrected chi connectivity index (χ0v) is 5.34. The first kappa shape index (κ1) is 7.90. The first-order chi connectivity index (χ1) is 4.41. The van der Waals surface area contributed by atoms with Crippen LogP contribution in [0.3, 0.4) is 0 Å². The second-order valence-electron chi connectivity index (χ2n) is 0.988. The van der Waals surface area contributed by atoms with E-state index in [4.69, 9.17) is 8.99 Å². The third kappa shape index (κ3) is 6.90. The van der Waals surface area contributed by atoms with E-state index in [1.165, 1.54) is 6.33 Å². The van der Waals surface area contributed by atoms with E-state index in [2.05, 4.69) is 9.97 Å². The summed E-state index contributed by atoms with van der Waals surface area (Å²) in [6, 6.07) is 1.78. The Morgan fingerprint density at radius 1 is 1.33 bits per heavy atom. The molecule has 0 spiro atoms. The minimum atomic E-state index is -0.250. The highest BCUT2D eigenvalue weighted by molar-refractivity contribution is 7.53. The van der Waals surface area contributed by atoms with Gasteiger partial charge in [0.15, 0.2) is 11.5 Å². The number of aromatic nitrogens is 2. The van der Waals surface area contributed by atoms with Gasteiger partial charge in [-0.1, -0.05) is 0 Å². The average molecular weight is 143 g/mol. The van der Waals surface area contributed by atoms with Crippen molar-refractivity contribution < 1.29 is 4.21 Å². The second-order valence-corrected chi connectivity index (χ2v) is 1.15. The standard InChI is InChI=1S/C4H4N2.HNOS/c1-2-5-4-6-3-1;1-3-2/h1-4H;1H. The molecule has 0 fully saturated rings. The predicted molar refractivity (Wildman–Crippen MR) is 32.9 cm³/mol. The summed E-state index contributed by atoms with van der Waals surface area (Å²) in [5.41, 5.74) is 0. The van der Waals surface area contributed by atoms with E-state index in [0.29, 0.717) is 0 Å². The molecule has 1 aromatic heterocycles. The SMILES string of the molecule is N=S=O.c1cncnc1. The van der Waals surface area contributed by atoms with Crippen LogP contribution in [0.15, 0.2) is 24.8 Å². The molecule has 0 aliphatic rings. The van der Waals surface area contributed by atoms with Crippen LogP contribution >= 0.6 is 0 Å². The first-order valence-corrected chi connectivity index (χ1v) is 2.81. The third-order valence-electron chi connectivity index (χ3n) is 0.478. The van der Waals surface area contributed by atoms with Crippen molar-refractivity contribution in [3.63, 3.8) is 0 Å². The van der Waals surface area contributed by atoms with Crippen LogP contribution in [0.25, 0.3) is 0 Å². The maximum Gasteiger partial charge on any atom is 0.196 e. The van der Waals surface area contributed by atoms with Crippen LogP contribution in [-0.4, -0.2) is 14.2 Å². The smallest absolute Gasteiger partial charge is 0.196 e. The topological polar surface area (TPSA) is 66.7 Å². The molecule has 0 unspecified atom stereocenters. The molecule has 9 heavy (non-hydrogen) atoms. The van der Waals surface area contributed by atoms with Gasteiger partial charge in [-0.05, 0) is 6.07 Å². The number of hydrogen-bond acceptors (Lipinski definition) is 4. The van der Waals surface area contributed by atoms with Gasteiger partial charge in [-0.2, -0.15) is 4.21 Å². The lowest BCUT2D eigenvalue weighted by atomic mass is 10.7. The summed E-state index contributed by atoms with van der Waals surface area (Å²) in [7, 11) is 0. The van der Waals surface area contributed by atoms with Gasteiger partial charge in [0.05, 0.1) is 0 Å². The molecule has 0 amide bonds. The van der Waals surface area contributed by atoms with E-state index < -0.39 is 0 Å². The molecule has 0 aliphatic carbocycles. The number of rotatable bonds is 0. The van der Waals surface area contributed by atoms with Gasteiger partial charge >= 0.3 is 0 Å². The Morgan fingerprint density at radius 3 is 1.89 bits per heavy atom. The fraction of sp³-hybridized carbons (Fsp3) is 0. The van der Waals surface area contributed by atoms with E-state index in [1.54, 1.807) is 18.5 Å². The van der Waals surface area contributed by atoms with Crippen molar-refractivity contribution in [3.8, 4) is 0 Å². The normalized spacial score (nSPS) is 6.67. The Labute approximate surface area is 56.0 Å². The van der Waals surface area contributed by atoms with Crippen LogP contribution in [0.5, 0.6) is 0 Å². The van der Waals surface area contributed by atoms with Gasteiger partial charge in [0.25, 0.3) is 0 Å². The highest BCUT2D eigenvalue weighted by Crippen LogP contribution is 1.66. The summed E-state index contributed by atoms with van der Waals surface area (Å²) in [6.07, 6.45) is 4.88. The summed E-state index contributed by atoms with van der Waals surface area (Å²) < 4.78 is 14.1. The Morgan fingerprint density at radius 2 is 1.78 bits per heavy atom. The predicted octanol–water partition coefficient (Wildman–Crippen LogP) is 0.438. The van der Waals surface area contributed by atoms with Gasteiger partial charge in [0, 0.05) is 12.4 Å². The van der Waals surface area contributed by atoms with Crippen LogP contribution in [0.4, 0.5) is 0 Å². The molecule has 0 bridgehead atoms. The second kappa shape index (κ2) is 6.90. The fourth-order valence-corrected chi connectivity index (χ4v) is 0.253. The zero-order valence-electron chi connectivity index (χ0n) is 4.52. The molecule has 0 saturated heterocycles. The van der Waals surface area contributed by atoms with Gasteiger partial charge in [-0.3, -0.25) is 0 Å². The molecule has 1 rings (SSSR count). The molecule has 0 saturated carbocycles. The van der Waals surface area contributed by atoms with Crippen LogP contribution in [0, 0.1) is 4.78 Å². The highest BCUT2D eigenvalue weighted by Gasteiger charge is 1.59. The van der Waals surface area contributed by atoms with Crippen molar-refractivity contribution in [2.24, 2.45) is 0 Å². The molecule has 4 nitrogen and oxygen atoms in total. The summed E-state index contributed by atoms with van der Waals surface area (Å²) in [4.78, 5) is 7.35. The molecule has 0 atom stereocenters. The maximum absolute atomic E-state index is 8.51. The lowest BCUT2D eigenvalue weighted by Gasteiger charge is -1.70. The largest absolute Gasteiger partial charge is 0.245 e. The van der Waals surface area contributed by atoms with Gasteiger partial charge in [-0.15, -0.1) is 0 Å². The Balaban J connectivity index is 0.000000187. The van der Waals surface area contributed by atoms with Crippen molar-refractivity contribution in [1.29, 1.82) is 4.78 Å². The number of nitrogens with zero attached hydrogens (tertiary/aromatic N) is 2. The van der Waals surface area contributed by atoms with Crippen LogP contribution < -0.4 is 0 Å². The Kier molecular flexibility index (Phi) is 6.06. The molecule has 0 aliphatic heterocycles. The molecule has 1 aromatic rings. The van der Waals surface area contributed by atoms with Crippen LogP contribution in [-0.2, 0) is 11.5 Å². The van der Waals surface area contributed by atoms with Gasteiger partial charge in [0.1, 0.15) is 6.33 Å². The molecule has 5 heteroatoms. The molecular formula is C4H5N3OS. The van der Waals surface area contributed by atoms with Crippen molar-refractivity contribution in [2.75, 3.05) is 0 Å². The molecule has 1 N–H and O–H groups in total. The van der Waals surface area contributed by atoms with E-state index >= 15 is 0 Å². The van der Waals surface area contributed by atoms with Crippen molar-refractivity contribution in [2.45, 2.75) is 0 Å². The van der Waals surface area contributed by atoms with Gasteiger partial charge in [-0.25, -0.2) is 14.7 Å². The fourth-order valence-electron chi connectivity index (χ4n) is 0.253. The van der Waals surface area contributed by atoms with Gasteiger partial charge in [0.2, 0.25) is 0 Å². The highest BCUT2D eigenvalue weighted by atomic mass is 32.1. The Hall–Kier alpha value is -1.10. The zero-order chi connectivity index (χ0) is 6.95. The maximum atomic E-state index is 8.51. The summed E-state index contributed by atoms with van der Waals surface area (Å²) in [6.45, 7) is 0. The quantitative estimate of drug-likeness (QED) is 0.573. The minimum Gasteiger partial charge on any atom is -0.245 e. The average Bonchev–Trinajstić information content (AvgIpc) is 1.93. The lowest BCUT2D eigenvalue weighted by molar-refractivity contribution is 0.697. The van der Waals surface area contributed by atoms with Crippen LogP contribution in [0.2, 0.25) is 0 Å². The molecule has 1 heterocycles. The van der Waals surface area contributed by atoms with E-state index in [-0.39, 0.29) is 11.5 Å². The molecular weight excluding hydrogens is 138 g/mol. The van der Waals surface area contributed by atoms with Gasteiger partial charge < -0.3 is 0 Å². The number of hydrogen-bond donors (Lipinski definition) is 1. The molecule has 48 valence electrons. The van der Waals surface area contributed by atoms with Crippen molar-refractivity contribution >= 4 is 11.5 Å². The third-order valence-corrected chi connectivity index (χ3v) is 0.478. The first-order valence-electron chi connectivity index (χ1n) is 2.07. The van der Waals surface area contributed by atoms with Crippen molar-refractivity contribution in [1.82, 2.24) is 9.97 Å². The molecule has 0 radical (unpaired) electrons. The Bertz CT molecular complexity index is 146. The summed E-state index contributed by atoms with van der Waals surface area (Å²) >= 11 is -0.250. The summed E-state index contributed by atoms with van der Waals surface area (Å²) in [5.74, 6) is 0. The van der Waals surface area contributed by atoms with E-state index in [1.807, 2.05) is 0 Å². The van der Waals surface area contributed by atoms with E-state index in [9.17, 15) is 0 Å². The lowest BCUT2D eigenvalue weighted by Crippen LogP contribution is -1.66. The minimum absolute atomic E-state index is 0.250. The number of nitrogens with one attached hydrogen (secondary N) is 1. The molecule has 0 aromatic carbocycles.